The minimum atomic E-state index is -1.78. The number of aliphatic imine (C=N–C) groups is 1. The zero-order valence-electron chi connectivity index (χ0n) is 46.5. The first-order chi connectivity index (χ1) is 39.6. The summed E-state index contributed by atoms with van der Waals surface area (Å²) in [5.74, 6) is -9.92. The third kappa shape index (κ3) is 25.0. The number of guanidine groups is 1. The first-order valence-electron chi connectivity index (χ1n) is 27.5. The summed E-state index contributed by atoms with van der Waals surface area (Å²) in [6, 6.07) is 4.89. The van der Waals surface area contributed by atoms with Gasteiger partial charge in [-0.1, -0.05) is 96.7 Å². The molecule has 0 aromatic heterocycles. The van der Waals surface area contributed by atoms with E-state index in [9.17, 15) is 57.5 Å². The Kier molecular flexibility index (Phi) is 29.1. The van der Waals surface area contributed by atoms with E-state index in [2.05, 4.69) is 49.1 Å². The quantitative estimate of drug-likeness (QED) is 0.0124. The second-order valence-corrected chi connectivity index (χ2v) is 22.6. The third-order valence-electron chi connectivity index (χ3n) is 13.2. The van der Waals surface area contributed by atoms with Crippen LogP contribution in [0.15, 0.2) is 59.6 Å². The van der Waals surface area contributed by atoms with Crippen molar-refractivity contribution in [2.45, 2.75) is 152 Å². The molecule has 0 bridgehead atoms. The minimum Gasteiger partial charge on any atom is -0.427 e. The lowest BCUT2D eigenvalue weighted by molar-refractivity contribution is -0.142. The molecule has 2 saturated heterocycles. The number of nitrogens with two attached hydrogens (primary N) is 5. The Bertz CT molecular complexity index is 2610. The molecule has 3 unspecified atom stereocenters. The highest BCUT2D eigenvalue weighted by Crippen LogP contribution is 2.26. The lowest BCUT2D eigenvalue weighted by atomic mass is 10.0. The Balaban J connectivity index is 1.67. The molecule has 0 aliphatic carbocycles. The number of primary amides is 3. The van der Waals surface area contributed by atoms with Crippen LogP contribution in [-0.2, 0) is 70.4 Å². The van der Waals surface area contributed by atoms with Crippen LogP contribution in [0.4, 0.5) is 0 Å². The maximum Gasteiger partial charge on any atom is 0.311 e. The van der Waals surface area contributed by atoms with Gasteiger partial charge in [0.05, 0.1) is 13.0 Å². The van der Waals surface area contributed by atoms with Crippen LogP contribution >= 0.6 is 21.6 Å². The number of nitrogens with zero attached hydrogens (tertiary/aromatic N) is 2. The van der Waals surface area contributed by atoms with Crippen molar-refractivity contribution in [3.63, 3.8) is 0 Å². The lowest BCUT2D eigenvalue weighted by Gasteiger charge is -2.31. The first-order valence-corrected chi connectivity index (χ1v) is 30.0. The van der Waals surface area contributed by atoms with Gasteiger partial charge in [-0.05, 0) is 61.8 Å². The Morgan fingerprint density at radius 1 is 0.699 bits per heavy atom. The van der Waals surface area contributed by atoms with Gasteiger partial charge < -0.3 is 75.5 Å². The predicted octanol–water partition coefficient (Wildman–Crippen LogP) is -1.78. The van der Waals surface area contributed by atoms with E-state index in [4.69, 9.17) is 33.4 Å². The van der Waals surface area contributed by atoms with Crippen LogP contribution in [0, 0.1) is 0 Å². The Labute approximate surface area is 489 Å². The van der Waals surface area contributed by atoms with Crippen LogP contribution in [0.1, 0.15) is 108 Å². The van der Waals surface area contributed by atoms with Crippen LogP contribution in [-0.4, -0.2) is 155 Å². The second-order valence-electron chi connectivity index (χ2n) is 20.0. The molecule has 2 aliphatic rings. The Hall–Kier alpha value is -7.95. The SMILES string of the molecule is CCCCCCCC(=O)Oc1ccc(CC2NC(=O)CCSSCC(C(=O)N3CCC[C@H]3C(=O)N[C@H](CCCN=C(N)N)C(=O)NCC(N)=O)NC(=O)[C@H](CC(N)=O)NC(=O)[C@H](CCC(N)=O)NC(=O)C(Cc3ccccc3)NC2=O)cc1. The number of esters is 1. The van der Waals surface area contributed by atoms with Crippen molar-refractivity contribution in [3.8, 4) is 5.75 Å². The standard InChI is InChI=1S/C54H78N14O13S2/c1-2-3-4-5-9-16-46(73)81-34-19-17-33(18-20-34)28-37-49(76)65-38(27-32-12-7-6-8-13-32)50(77)63-36(21-22-42(55)69)48(75)66-39(29-43(56)70)51(78)67-40(31-83-82-26-23-45(72)62-37)53(80)68-25-11-15-41(68)52(79)64-35(14-10-24-60-54(58)59)47(74)61-30-44(57)71/h6-8,12-13,17-20,35-41H,2-5,9-11,14-16,21-31H2,1H3,(H2,55,69)(H2,56,70)(H2,57,71)(H,61,74)(H,62,72)(H,63,77)(H,64,79)(H,65,76)(H,66,75)(H,67,78)(H4,58,59,60)/t35-,36+,37?,38?,39+,40?,41+/m1/s1. The van der Waals surface area contributed by atoms with E-state index in [0.717, 1.165) is 47.3 Å². The fraction of sp³-hybridized carbons (Fsp3) is 0.537. The molecule has 4 rings (SSSR count). The van der Waals surface area contributed by atoms with Crippen LogP contribution in [0.25, 0.3) is 0 Å². The molecule has 0 radical (unpaired) electrons. The van der Waals surface area contributed by atoms with Crippen molar-refractivity contribution in [3.05, 3.63) is 65.7 Å². The second kappa shape index (κ2) is 35.8. The van der Waals surface area contributed by atoms with Crippen LogP contribution < -0.4 is 70.6 Å². The fourth-order valence-corrected chi connectivity index (χ4v) is 11.0. The highest BCUT2D eigenvalue weighted by atomic mass is 33.1. The van der Waals surface area contributed by atoms with Crippen LogP contribution in [0.3, 0.4) is 0 Å². The summed E-state index contributed by atoms with van der Waals surface area (Å²) in [6.07, 6.45) is 3.55. The number of hydrogen-bond acceptors (Lipinski definition) is 16. The van der Waals surface area contributed by atoms with Crippen molar-refractivity contribution in [1.82, 2.24) is 42.1 Å². The molecule has 454 valence electrons. The van der Waals surface area contributed by atoms with Crippen molar-refractivity contribution < 1.29 is 62.3 Å². The molecular formula is C54H78N14O13S2. The number of likely N-dealkylation sites (tertiary alicyclic amines) is 1. The largest absolute Gasteiger partial charge is 0.427 e. The van der Waals surface area contributed by atoms with Gasteiger partial charge in [0.2, 0.25) is 65.0 Å². The predicted molar refractivity (Wildman–Crippen MR) is 310 cm³/mol. The van der Waals surface area contributed by atoms with E-state index in [1.165, 1.54) is 4.90 Å². The zero-order valence-corrected chi connectivity index (χ0v) is 48.1. The molecule has 2 aromatic rings. The lowest BCUT2D eigenvalue weighted by Crippen LogP contribution is -2.61. The minimum absolute atomic E-state index is 0.00757. The third-order valence-corrected chi connectivity index (χ3v) is 15.6. The molecule has 0 spiro atoms. The topological polar surface area (TPSA) is 444 Å². The van der Waals surface area contributed by atoms with Gasteiger partial charge in [0, 0.05) is 56.7 Å². The normalized spacial score (nSPS) is 20.6. The molecule has 27 nitrogen and oxygen atoms in total. The molecule has 2 heterocycles. The molecule has 17 N–H and O–H groups in total. The zero-order chi connectivity index (χ0) is 60.8. The van der Waals surface area contributed by atoms with Gasteiger partial charge in [-0.25, -0.2) is 0 Å². The molecule has 83 heavy (non-hydrogen) atoms. The Morgan fingerprint density at radius 3 is 1.98 bits per heavy atom. The highest BCUT2D eigenvalue weighted by Gasteiger charge is 2.40. The number of hydrogen-bond donors (Lipinski definition) is 12. The van der Waals surface area contributed by atoms with Gasteiger partial charge in [-0.15, -0.1) is 0 Å². The van der Waals surface area contributed by atoms with Crippen LogP contribution in [0.5, 0.6) is 5.75 Å². The monoisotopic (exact) mass is 1190 g/mol. The summed E-state index contributed by atoms with van der Waals surface area (Å²) in [6.45, 7) is 1.68. The van der Waals surface area contributed by atoms with Gasteiger partial charge in [-0.2, -0.15) is 0 Å². The molecular weight excluding hydrogens is 1120 g/mol. The van der Waals surface area contributed by atoms with E-state index in [1.54, 1.807) is 54.6 Å². The van der Waals surface area contributed by atoms with Crippen molar-refractivity contribution in [2.24, 2.45) is 33.7 Å². The summed E-state index contributed by atoms with van der Waals surface area (Å²) in [7, 11) is 2.19. The van der Waals surface area contributed by atoms with Crippen molar-refractivity contribution in [1.29, 1.82) is 0 Å². The van der Waals surface area contributed by atoms with Gasteiger partial charge in [0.15, 0.2) is 5.96 Å². The number of ether oxygens (including phenoxy) is 1. The summed E-state index contributed by atoms with van der Waals surface area (Å²) in [5.41, 5.74) is 28.3. The first kappa shape index (κ1) is 67.6. The van der Waals surface area contributed by atoms with Crippen LogP contribution in [0.2, 0.25) is 0 Å². The van der Waals surface area contributed by atoms with Gasteiger partial charge in [0.25, 0.3) is 0 Å². The maximum absolute atomic E-state index is 14.7. The molecule has 29 heteroatoms. The fourth-order valence-electron chi connectivity index (χ4n) is 8.90. The number of rotatable bonds is 26. The summed E-state index contributed by atoms with van der Waals surface area (Å²) in [5, 5.41) is 18.0. The van der Waals surface area contributed by atoms with Crippen molar-refractivity contribution in [2.75, 3.05) is 31.1 Å². The average molecular weight is 1200 g/mol. The number of nitrogens with one attached hydrogen (secondary N) is 7. The average Bonchev–Trinajstić information content (AvgIpc) is 4.18. The molecule has 11 amide bonds. The van der Waals surface area contributed by atoms with E-state index in [-0.39, 0.29) is 81.3 Å². The number of benzene rings is 2. The number of carbonyl (C=O) groups excluding carboxylic acids is 12. The van der Waals surface area contributed by atoms with Gasteiger partial charge >= 0.3 is 5.97 Å². The van der Waals surface area contributed by atoms with Crippen molar-refractivity contribution >= 4 is 98.5 Å². The number of amides is 11. The van der Waals surface area contributed by atoms with Gasteiger partial charge in [0.1, 0.15) is 48.0 Å². The number of carbonyl (C=O) groups is 12. The van der Waals surface area contributed by atoms with E-state index in [1.807, 2.05) is 0 Å². The molecule has 2 fully saturated rings. The molecule has 7 atom stereocenters. The maximum atomic E-state index is 14.7. The smallest absolute Gasteiger partial charge is 0.311 e. The van der Waals surface area contributed by atoms with E-state index < -0.39 is 139 Å². The van der Waals surface area contributed by atoms with E-state index >= 15 is 0 Å². The summed E-state index contributed by atoms with van der Waals surface area (Å²) < 4.78 is 5.54. The van der Waals surface area contributed by atoms with E-state index in [0.29, 0.717) is 24.0 Å². The van der Waals surface area contributed by atoms with Gasteiger partial charge in [-0.3, -0.25) is 62.5 Å². The Morgan fingerprint density at radius 2 is 1.33 bits per heavy atom. The molecule has 2 aromatic carbocycles. The summed E-state index contributed by atoms with van der Waals surface area (Å²) in [4.78, 5) is 167. The molecule has 0 saturated carbocycles. The molecule has 2 aliphatic heterocycles. The number of unbranched alkanes of at least 4 members (excludes halogenated alkanes) is 4. The summed E-state index contributed by atoms with van der Waals surface area (Å²) >= 11 is 0. The highest BCUT2D eigenvalue weighted by molar-refractivity contribution is 8.76.